The molecule has 0 unspecified atom stereocenters. The topological polar surface area (TPSA) is 137 Å². The number of carbonyl (C=O) groups is 2. The van der Waals surface area contributed by atoms with Gasteiger partial charge in [0.05, 0.1) is 10.7 Å². The maximum Gasteiger partial charge on any atom is 0.281 e. The average Bonchev–Trinajstić information content (AvgIpc) is 2.78. The average molecular weight is 282 g/mol. The molecule has 0 atom stereocenters. The lowest BCUT2D eigenvalue weighted by Crippen LogP contribution is -2.16. The van der Waals surface area contributed by atoms with Gasteiger partial charge < -0.3 is 16.8 Å². The summed E-state index contributed by atoms with van der Waals surface area (Å²) in [6.45, 7) is 0. The van der Waals surface area contributed by atoms with Crippen LogP contribution >= 0.6 is 11.6 Å². The lowest BCUT2D eigenvalue weighted by Gasteiger charge is -2.06. The number of nitrogens with one attached hydrogen (secondary N) is 1. The van der Waals surface area contributed by atoms with Crippen LogP contribution in [0, 0.1) is 0 Å². The van der Waals surface area contributed by atoms with Crippen molar-refractivity contribution in [3.05, 3.63) is 34.5 Å². The molecule has 0 radical (unpaired) electrons. The Morgan fingerprint density at radius 3 is 2.63 bits per heavy atom. The number of hydrogen-bond donors (Lipinski definition) is 3. The number of carbonyl (C=O) groups excluding carboxylic acids is 2. The fourth-order valence-corrected chi connectivity index (χ4v) is 1.47. The highest BCUT2D eigenvalue weighted by Crippen LogP contribution is 2.23. The summed E-state index contributed by atoms with van der Waals surface area (Å²) >= 11 is 5.89. The van der Waals surface area contributed by atoms with Crippen LogP contribution in [0.2, 0.25) is 5.02 Å². The van der Waals surface area contributed by atoms with Crippen molar-refractivity contribution in [1.82, 2.24) is 10.3 Å². The molecule has 0 fully saturated rings. The van der Waals surface area contributed by atoms with E-state index < -0.39 is 11.8 Å². The van der Waals surface area contributed by atoms with E-state index in [1.54, 1.807) is 0 Å². The molecule has 19 heavy (non-hydrogen) atoms. The van der Waals surface area contributed by atoms with Crippen molar-refractivity contribution >= 4 is 34.9 Å². The van der Waals surface area contributed by atoms with Gasteiger partial charge in [-0.2, -0.15) is 0 Å². The summed E-state index contributed by atoms with van der Waals surface area (Å²) in [6, 6.07) is 4.21. The van der Waals surface area contributed by atoms with E-state index in [2.05, 4.69) is 20.3 Å². The van der Waals surface area contributed by atoms with Crippen LogP contribution < -0.4 is 16.8 Å². The largest absolute Gasteiger partial charge is 0.379 e. The van der Waals surface area contributed by atoms with Crippen molar-refractivity contribution in [2.75, 3.05) is 11.1 Å². The van der Waals surface area contributed by atoms with E-state index >= 15 is 0 Å². The van der Waals surface area contributed by atoms with Crippen LogP contribution in [0.1, 0.15) is 20.8 Å². The normalized spacial score (nSPS) is 10.2. The minimum atomic E-state index is -0.665. The van der Waals surface area contributed by atoms with E-state index in [4.69, 9.17) is 23.1 Å². The second-order valence-corrected chi connectivity index (χ2v) is 3.92. The van der Waals surface area contributed by atoms with E-state index in [1.807, 2.05) is 0 Å². The first-order chi connectivity index (χ1) is 8.99. The van der Waals surface area contributed by atoms with Gasteiger partial charge in [-0.05, 0) is 28.5 Å². The monoisotopic (exact) mass is 281 g/mol. The molecule has 8 nitrogen and oxygen atoms in total. The fourth-order valence-electron chi connectivity index (χ4n) is 1.31. The summed E-state index contributed by atoms with van der Waals surface area (Å²) < 4.78 is 4.30. The lowest BCUT2D eigenvalue weighted by molar-refractivity contribution is 0.0994. The highest BCUT2D eigenvalue weighted by molar-refractivity contribution is 6.34. The number of nitrogens with two attached hydrogens (primary N) is 2. The first-order valence-corrected chi connectivity index (χ1v) is 5.35. The molecular formula is C10H8ClN5O3. The Labute approximate surface area is 111 Å². The minimum absolute atomic E-state index is 0.153. The van der Waals surface area contributed by atoms with Crippen molar-refractivity contribution < 1.29 is 14.2 Å². The maximum absolute atomic E-state index is 11.8. The highest BCUT2D eigenvalue weighted by atomic mass is 35.5. The number of halogens is 1. The Balaban J connectivity index is 2.28. The predicted octanol–water partition coefficient (Wildman–Crippen LogP) is 0.656. The summed E-state index contributed by atoms with van der Waals surface area (Å²) in [4.78, 5) is 22.8. The number of rotatable bonds is 3. The molecule has 0 saturated carbocycles. The number of aromatic nitrogens is 2. The Kier molecular flexibility index (Phi) is 3.34. The molecule has 0 spiro atoms. The summed E-state index contributed by atoms with van der Waals surface area (Å²) in [5.74, 6) is -1.46. The zero-order valence-electron chi connectivity index (χ0n) is 9.38. The number of benzene rings is 1. The second-order valence-electron chi connectivity index (χ2n) is 3.51. The van der Waals surface area contributed by atoms with Crippen molar-refractivity contribution in [2.24, 2.45) is 5.73 Å². The van der Waals surface area contributed by atoms with Gasteiger partial charge in [0.2, 0.25) is 17.4 Å². The third-order valence-corrected chi connectivity index (χ3v) is 2.56. The molecule has 0 saturated heterocycles. The molecule has 0 aliphatic carbocycles. The number of primary amides is 1. The number of nitrogen functional groups attached to an aromatic ring is 1. The van der Waals surface area contributed by atoms with Gasteiger partial charge >= 0.3 is 0 Å². The van der Waals surface area contributed by atoms with Gasteiger partial charge in [0.15, 0.2) is 0 Å². The van der Waals surface area contributed by atoms with Crippen LogP contribution in [-0.4, -0.2) is 22.1 Å². The minimum Gasteiger partial charge on any atom is -0.379 e. The van der Waals surface area contributed by atoms with Gasteiger partial charge in [-0.25, -0.2) is 4.63 Å². The van der Waals surface area contributed by atoms with Gasteiger partial charge in [-0.1, -0.05) is 11.6 Å². The molecule has 0 bridgehead atoms. The van der Waals surface area contributed by atoms with Crippen LogP contribution in [0.3, 0.4) is 0 Å². The number of hydrogen-bond acceptors (Lipinski definition) is 6. The molecule has 1 heterocycles. The molecule has 0 aliphatic rings. The predicted molar refractivity (Wildman–Crippen MR) is 66.6 cm³/mol. The Morgan fingerprint density at radius 1 is 1.32 bits per heavy atom. The van der Waals surface area contributed by atoms with Crippen molar-refractivity contribution in [3.8, 4) is 0 Å². The number of amides is 2. The van der Waals surface area contributed by atoms with Crippen molar-refractivity contribution in [1.29, 1.82) is 0 Å². The van der Waals surface area contributed by atoms with Crippen LogP contribution in [-0.2, 0) is 0 Å². The molecule has 2 aromatic rings. The van der Waals surface area contributed by atoms with Crippen LogP contribution in [0.15, 0.2) is 22.8 Å². The Morgan fingerprint density at radius 2 is 2.05 bits per heavy atom. The SMILES string of the molecule is NC(=O)c1ccc(Cl)c(NC(=O)c2nonc2N)c1. The number of anilines is 2. The lowest BCUT2D eigenvalue weighted by atomic mass is 10.2. The van der Waals surface area contributed by atoms with E-state index in [0.717, 1.165) is 0 Å². The van der Waals surface area contributed by atoms with Gasteiger partial charge in [0, 0.05) is 5.56 Å². The first kappa shape index (κ1) is 12.8. The zero-order valence-corrected chi connectivity index (χ0v) is 10.1. The van der Waals surface area contributed by atoms with Crippen LogP contribution in [0.5, 0.6) is 0 Å². The van der Waals surface area contributed by atoms with Gasteiger partial charge in [-0.3, -0.25) is 9.59 Å². The van der Waals surface area contributed by atoms with E-state index in [1.165, 1.54) is 18.2 Å². The van der Waals surface area contributed by atoms with Crippen molar-refractivity contribution in [2.45, 2.75) is 0 Å². The molecule has 0 aliphatic heterocycles. The molecule has 2 amide bonds. The summed E-state index contributed by atoms with van der Waals surface area (Å²) in [5, 5.41) is 9.27. The van der Waals surface area contributed by atoms with Crippen molar-refractivity contribution in [3.63, 3.8) is 0 Å². The molecule has 2 rings (SSSR count). The molecule has 98 valence electrons. The number of nitrogens with zero attached hydrogens (tertiary/aromatic N) is 2. The maximum atomic E-state index is 11.8. The van der Waals surface area contributed by atoms with Crippen LogP contribution in [0.25, 0.3) is 0 Å². The third-order valence-electron chi connectivity index (χ3n) is 2.23. The summed E-state index contributed by atoms with van der Waals surface area (Å²) in [5.41, 5.74) is 10.7. The molecule has 1 aromatic heterocycles. The zero-order chi connectivity index (χ0) is 14.0. The van der Waals surface area contributed by atoms with Gasteiger partial charge in [-0.15, -0.1) is 0 Å². The molecular weight excluding hydrogens is 274 g/mol. The first-order valence-electron chi connectivity index (χ1n) is 4.97. The molecule has 1 aromatic carbocycles. The standard InChI is InChI=1S/C10H8ClN5O3/c11-5-2-1-4(9(13)17)3-6(5)14-10(18)7-8(12)16-19-15-7/h1-3H,(H2,12,16)(H2,13,17)(H,14,18). The van der Waals surface area contributed by atoms with Gasteiger partial charge in [0.25, 0.3) is 5.91 Å². The Hall–Kier alpha value is -2.61. The summed E-state index contributed by atoms with van der Waals surface area (Å²) in [6.07, 6.45) is 0. The van der Waals surface area contributed by atoms with Crippen LogP contribution in [0.4, 0.5) is 11.5 Å². The van der Waals surface area contributed by atoms with E-state index in [0.29, 0.717) is 0 Å². The smallest absolute Gasteiger partial charge is 0.281 e. The third kappa shape index (κ3) is 2.63. The second kappa shape index (κ2) is 4.94. The van der Waals surface area contributed by atoms with E-state index in [-0.39, 0.29) is 27.8 Å². The van der Waals surface area contributed by atoms with Gasteiger partial charge in [0.1, 0.15) is 0 Å². The Bertz CT molecular complexity index is 654. The van der Waals surface area contributed by atoms with E-state index in [9.17, 15) is 9.59 Å². The molecule has 9 heteroatoms. The molecule has 5 N–H and O–H groups in total. The quantitative estimate of drug-likeness (QED) is 0.755. The summed E-state index contributed by atoms with van der Waals surface area (Å²) in [7, 11) is 0. The highest BCUT2D eigenvalue weighted by Gasteiger charge is 2.17. The fraction of sp³-hybridized carbons (Fsp3) is 0.